The quantitative estimate of drug-likeness (QED) is 0.0672. The maximum absolute atomic E-state index is 13.5. The van der Waals surface area contributed by atoms with Crippen LogP contribution in [0.15, 0.2) is 118 Å². The molecule has 0 saturated heterocycles. The molecule has 10 aromatic rings. The van der Waals surface area contributed by atoms with Gasteiger partial charge in [-0.2, -0.15) is 9.97 Å². The summed E-state index contributed by atoms with van der Waals surface area (Å²) in [5.74, 6) is -4.25. The Hall–Kier alpha value is -9.48. The molecule has 5 N–H and O–H groups in total. The number of pyridine rings is 4. The Bertz CT molecular complexity index is 3570. The Morgan fingerprint density at radius 2 is 1.23 bits per heavy atom. The highest BCUT2D eigenvalue weighted by Crippen LogP contribution is 2.27. The van der Waals surface area contributed by atoms with Crippen molar-refractivity contribution >= 4 is 51.1 Å². The van der Waals surface area contributed by atoms with Crippen molar-refractivity contribution in [3.8, 4) is 22.9 Å². The molecule has 0 unspecified atom stereocenters. The van der Waals surface area contributed by atoms with E-state index in [-0.39, 0.29) is 48.4 Å². The number of ether oxygens (including phenoxy) is 2. The number of nitrogens with one attached hydrogen (secondary N) is 5. The maximum Gasteiger partial charge on any atom is 0.408 e. The highest BCUT2D eigenvalue weighted by molar-refractivity contribution is 6.03. The van der Waals surface area contributed by atoms with Crippen molar-refractivity contribution in [2.45, 2.75) is 46.0 Å². The first-order chi connectivity index (χ1) is 34.1. The van der Waals surface area contributed by atoms with E-state index in [0.717, 1.165) is 44.1 Å². The predicted molar refractivity (Wildman–Crippen MR) is 247 cm³/mol. The number of carbonyl (C=O) groups is 3. The van der Waals surface area contributed by atoms with E-state index in [0.29, 0.717) is 34.1 Å². The van der Waals surface area contributed by atoms with Crippen molar-refractivity contribution in [2.24, 2.45) is 0 Å². The highest BCUT2D eigenvalue weighted by atomic mass is 19.2. The van der Waals surface area contributed by atoms with Gasteiger partial charge in [-0.15, -0.1) is 0 Å². The molecular formula is C47H40F3N13O8. The summed E-state index contributed by atoms with van der Waals surface area (Å²) in [5.41, 5.74) is 2.60. The van der Waals surface area contributed by atoms with E-state index in [4.69, 9.17) is 13.8 Å². The molecule has 0 spiro atoms. The number of aromatic amines is 3. The molecule has 0 saturated carbocycles. The van der Waals surface area contributed by atoms with E-state index in [1.807, 2.05) is 24.3 Å². The van der Waals surface area contributed by atoms with E-state index >= 15 is 0 Å². The van der Waals surface area contributed by atoms with Gasteiger partial charge in [0.1, 0.15) is 28.1 Å². The number of hydrogen-bond donors (Lipinski definition) is 5. The third kappa shape index (κ3) is 11.3. The summed E-state index contributed by atoms with van der Waals surface area (Å²) < 4.78 is 61.5. The normalized spacial score (nSPS) is 11.1. The minimum absolute atomic E-state index is 0.0212. The lowest BCUT2D eigenvalue weighted by Gasteiger charge is -2.19. The largest absolute Gasteiger partial charge is 0.465 e. The summed E-state index contributed by atoms with van der Waals surface area (Å²) in [4.78, 5) is 78.1. The van der Waals surface area contributed by atoms with E-state index in [1.165, 1.54) is 25.4 Å². The first kappa shape index (κ1) is 48.0. The van der Waals surface area contributed by atoms with Crippen molar-refractivity contribution in [3.05, 3.63) is 160 Å². The van der Waals surface area contributed by atoms with Crippen LogP contribution in [-0.4, -0.2) is 85.4 Å². The Kier molecular flexibility index (Phi) is 14.1. The first-order valence-corrected chi connectivity index (χ1v) is 21.2. The Labute approximate surface area is 397 Å². The number of nitrogens with zero attached hydrogens (tertiary/aromatic N) is 8. The van der Waals surface area contributed by atoms with Crippen LogP contribution in [-0.2, 0) is 29.1 Å². The molecular weight excluding hydrogens is 932 g/mol. The number of H-pyrrole nitrogens is 3. The fourth-order valence-corrected chi connectivity index (χ4v) is 6.82. The molecule has 9 aromatic heterocycles. The van der Waals surface area contributed by atoms with Crippen molar-refractivity contribution in [2.75, 3.05) is 7.11 Å². The number of methoxy groups -OCH3 is 1. The van der Waals surface area contributed by atoms with E-state index in [9.17, 15) is 32.3 Å². The first-order valence-electron chi connectivity index (χ1n) is 21.2. The van der Waals surface area contributed by atoms with Crippen LogP contribution in [0.1, 0.15) is 58.7 Å². The fraction of sp³-hybridized carbons (Fsp3) is 0.170. The van der Waals surface area contributed by atoms with Crippen molar-refractivity contribution in [1.29, 1.82) is 0 Å². The van der Waals surface area contributed by atoms with E-state index < -0.39 is 40.6 Å². The number of carbonyl (C=O) groups excluding carboxylic acids is 3. The number of amides is 2. The number of halogens is 3. The van der Waals surface area contributed by atoms with Crippen LogP contribution in [0.4, 0.5) is 18.0 Å². The topological polar surface area (TPSA) is 280 Å². The monoisotopic (exact) mass is 971 g/mol. The number of esters is 1. The number of aromatic nitrogens is 11. The van der Waals surface area contributed by atoms with Crippen LogP contribution >= 0.6 is 0 Å². The van der Waals surface area contributed by atoms with Crippen LogP contribution in [0.2, 0.25) is 0 Å². The third-order valence-corrected chi connectivity index (χ3v) is 10.0. The van der Waals surface area contributed by atoms with Crippen LogP contribution in [0.25, 0.3) is 56.0 Å². The lowest BCUT2D eigenvalue weighted by atomic mass is 10.2. The molecule has 362 valence electrons. The fourth-order valence-electron chi connectivity index (χ4n) is 6.82. The summed E-state index contributed by atoms with van der Waals surface area (Å²) >= 11 is 0. The van der Waals surface area contributed by atoms with Crippen LogP contribution in [0.5, 0.6) is 0 Å². The summed E-state index contributed by atoms with van der Waals surface area (Å²) in [5, 5.41) is 15.3. The molecule has 10 rings (SSSR count). The van der Waals surface area contributed by atoms with Gasteiger partial charge < -0.3 is 48.7 Å². The smallest absolute Gasteiger partial charge is 0.408 e. The van der Waals surface area contributed by atoms with Gasteiger partial charge in [-0.1, -0.05) is 10.3 Å². The molecule has 0 radical (unpaired) electrons. The molecule has 0 bridgehead atoms. The van der Waals surface area contributed by atoms with Gasteiger partial charge in [0, 0.05) is 59.5 Å². The lowest BCUT2D eigenvalue weighted by molar-refractivity contribution is 0.0520. The van der Waals surface area contributed by atoms with Crippen molar-refractivity contribution < 1.29 is 46.1 Å². The van der Waals surface area contributed by atoms with Crippen LogP contribution < -0.4 is 16.2 Å². The third-order valence-electron chi connectivity index (χ3n) is 10.0. The number of benzene rings is 1. The zero-order valence-electron chi connectivity index (χ0n) is 37.9. The lowest BCUT2D eigenvalue weighted by Crippen LogP contribution is -2.32. The molecule has 21 nitrogen and oxygen atoms in total. The number of fused-ring (bicyclic) bond motifs is 3. The number of rotatable bonds is 10. The van der Waals surface area contributed by atoms with Gasteiger partial charge in [0.25, 0.3) is 23.2 Å². The second-order valence-electron chi connectivity index (χ2n) is 16.1. The van der Waals surface area contributed by atoms with Gasteiger partial charge in [-0.05, 0) is 87.0 Å². The van der Waals surface area contributed by atoms with Crippen LogP contribution in [0.3, 0.4) is 0 Å². The second kappa shape index (κ2) is 20.8. The molecule has 9 heterocycles. The van der Waals surface area contributed by atoms with Crippen LogP contribution in [0, 0.1) is 17.5 Å². The predicted octanol–water partition coefficient (Wildman–Crippen LogP) is 7.16. The molecule has 71 heavy (non-hydrogen) atoms. The molecule has 0 aliphatic rings. The molecule has 0 fully saturated rings. The van der Waals surface area contributed by atoms with Gasteiger partial charge in [-0.25, -0.2) is 37.7 Å². The van der Waals surface area contributed by atoms with Crippen molar-refractivity contribution in [3.63, 3.8) is 0 Å². The minimum atomic E-state index is -1.60. The zero-order chi connectivity index (χ0) is 50.2. The molecule has 1 aromatic carbocycles. The van der Waals surface area contributed by atoms with E-state index in [2.05, 4.69) is 65.6 Å². The summed E-state index contributed by atoms with van der Waals surface area (Å²) in [6.07, 6.45) is 10.9. The Balaban J connectivity index is 0.000000160. The molecule has 0 atom stereocenters. The summed E-state index contributed by atoms with van der Waals surface area (Å²) in [6.45, 7) is 5.13. The zero-order valence-corrected chi connectivity index (χ0v) is 37.9. The number of hydrogen-bond acceptors (Lipinski definition) is 15. The Morgan fingerprint density at radius 3 is 1.77 bits per heavy atom. The SMILES string of the molecule is CC(C)(C)OC(=O)NCc1noc(-c2c[nH]c3ncccc23)n1.COC(=O)c1c[nH]c2ncccc12.O=C(NCc1noc(-c2c[nH]c3ncccc23)n1)c1cccn(Cc2cc(F)c(F)c(F)c2)c1=O. The molecule has 0 aliphatic heterocycles. The standard InChI is InChI=1S/C23H15F3N6O3.C15H17N5O3.C9H8N2O2/c24-16-7-12(8-17(25)19(16)26)11-32-6-2-4-14(23(32)34)21(33)29-10-18-30-22(35-31-18)15-9-28-20-13(15)3-1-5-27-20;1-15(2,3)22-14(21)18-8-11-19-13(23-20-11)10-7-17-12-9(10)5-4-6-16-12;1-13-9(12)7-5-11-8-6(7)3-2-4-10-8/h1-9H,10-11H2,(H,27,28)(H,29,33);4-7H,8H2,1-3H3,(H,16,17)(H,18,21);2-5H,1H3,(H,10,11). The molecule has 24 heteroatoms. The van der Waals surface area contributed by atoms with Gasteiger partial charge in [-0.3, -0.25) is 9.59 Å². The van der Waals surface area contributed by atoms with Crippen molar-refractivity contribution in [1.82, 2.24) is 65.4 Å². The maximum atomic E-state index is 13.5. The summed E-state index contributed by atoms with van der Waals surface area (Å²) in [6, 6.07) is 15.3. The van der Waals surface area contributed by atoms with Gasteiger partial charge >= 0.3 is 12.1 Å². The van der Waals surface area contributed by atoms with Gasteiger partial charge in [0.05, 0.1) is 43.4 Å². The average molecular weight is 972 g/mol. The summed E-state index contributed by atoms with van der Waals surface area (Å²) in [7, 11) is 1.36. The second-order valence-corrected chi connectivity index (χ2v) is 16.1. The van der Waals surface area contributed by atoms with E-state index in [1.54, 1.807) is 70.1 Å². The average Bonchev–Trinajstić information content (AvgIpc) is 4.22. The molecule has 0 aliphatic carbocycles. The van der Waals surface area contributed by atoms with Gasteiger partial charge in [0.2, 0.25) is 0 Å². The van der Waals surface area contributed by atoms with Gasteiger partial charge in [0.15, 0.2) is 29.1 Å². The molecule has 2 amide bonds. The minimum Gasteiger partial charge on any atom is -0.465 e. The number of alkyl carbamates (subject to hydrolysis) is 1. The highest BCUT2D eigenvalue weighted by Gasteiger charge is 2.20. The Morgan fingerprint density at radius 1 is 0.704 bits per heavy atom.